The average Bonchev–Trinajstić information content (AvgIpc) is 2.87. The van der Waals surface area contributed by atoms with Crippen LogP contribution < -0.4 is 4.74 Å². The molecule has 0 saturated carbocycles. The number of aromatic nitrogens is 1. The molecule has 1 aromatic heterocycles. The number of para-hydroxylation sites is 1. The van der Waals surface area contributed by atoms with Crippen molar-refractivity contribution in [3.8, 4) is 11.4 Å². The van der Waals surface area contributed by atoms with Gasteiger partial charge in [0.1, 0.15) is 5.75 Å². The van der Waals surface area contributed by atoms with E-state index in [1.807, 2.05) is 47.9 Å². The van der Waals surface area contributed by atoms with E-state index in [4.69, 9.17) is 9.47 Å². The lowest BCUT2D eigenvalue weighted by Crippen LogP contribution is -2.07. The van der Waals surface area contributed by atoms with Crippen LogP contribution in [0.25, 0.3) is 16.6 Å². The highest BCUT2D eigenvalue weighted by Gasteiger charge is 2.23. The number of carbonyl (C=O) groups excluding carboxylic acids is 2. The van der Waals surface area contributed by atoms with Gasteiger partial charge in [0.15, 0.2) is 0 Å². The molecule has 0 N–H and O–H groups in total. The molecule has 3 rings (SSSR count). The third-order valence-electron chi connectivity index (χ3n) is 4.01. The molecule has 1 heterocycles. The van der Waals surface area contributed by atoms with Crippen molar-refractivity contribution in [3.05, 3.63) is 58.2 Å². The van der Waals surface area contributed by atoms with Gasteiger partial charge in [-0.1, -0.05) is 18.2 Å². The van der Waals surface area contributed by atoms with Gasteiger partial charge in [-0.05, 0) is 54.0 Å². The molecule has 134 valence electrons. The molecule has 0 atom stereocenters. The summed E-state index contributed by atoms with van der Waals surface area (Å²) in [7, 11) is 0. The number of benzene rings is 2. The molecule has 0 amide bonds. The largest absolute Gasteiger partial charge is 0.462 e. The molecular formula is C20H18BrNO4. The van der Waals surface area contributed by atoms with Crippen LogP contribution in [0.2, 0.25) is 0 Å². The molecule has 0 aliphatic heterocycles. The van der Waals surface area contributed by atoms with Gasteiger partial charge in [0.2, 0.25) is 0 Å². The molecule has 0 aliphatic rings. The maximum Gasteiger partial charge on any atom is 0.340 e. The monoisotopic (exact) mass is 415 g/mol. The molecular weight excluding hydrogens is 398 g/mol. The average molecular weight is 416 g/mol. The van der Waals surface area contributed by atoms with Gasteiger partial charge in [0, 0.05) is 23.7 Å². The summed E-state index contributed by atoms with van der Waals surface area (Å²) in [5.41, 5.74) is 2.97. The lowest BCUT2D eigenvalue weighted by Gasteiger charge is -2.09. The Morgan fingerprint density at radius 2 is 1.85 bits per heavy atom. The van der Waals surface area contributed by atoms with E-state index in [1.165, 1.54) is 6.92 Å². The summed E-state index contributed by atoms with van der Waals surface area (Å²) in [6.45, 7) is 5.26. The van der Waals surface area contributed by atoms with Crippen molar-refractivity contribution in [2.75, 3.05) is 6.61 Å². The normalized spacial score (nSPS) is 10.8. The van der Waals surface area contributed by atoms with Crippen LogP contribution >= 0.6 is 15.9 Å². The van der Waals surface area contributed by atoms with Crippen molar-refractivity contribution in [1.82, 2.24) is 4.57 Å². The lowest BCUT2D eigenvalue weighted by atomic mass is 10.1. The van der Waals surface area contributed by atoms with E-state index in [0.29, 0.717) is 21.2 Å². The summed E-state index contributed by atoms with van der Waals surface area (Å²) in [6.07, 6.45) is 0. The number of carbonyl (C=O) groups is 2. The highest BCUT2D eigenvalue weighted by molar-refractivity contribution is 9.10. The van der Waals surface area contributed by atoms with Crippen LogP contribution in [0.5, 0.6) is 5.75 Å². The van der Waals surface area contributed by atoms with Crippen molar-refractivity contribution < 1.29 is 19.1 Å². The van der Waals surface area contributed by atoms with Gasteiger partial charge >= 0.3 is 11.9 Å². The highest BCUT2D eigenvalue weighted by Crippen LogP contribution is 2.37. The van der Waals surface area contributed by atoms with Gasteiger partial charge < -0.3 is 14.0 Å². The molecule has 26 heavy (non-hydrogen) atoms. The summed E-state index contributed by atoms with van der Waals surface area (Å²) in [5.74, 6) is -0.469. The van der Waals surface area contributed by atoms with Crippen LogP contribution in [0.3, 0.4) is 0 Å². The molecule has 2 aromatic carbocycles. The SMILES string of the molecule is CCOC(=O)c1c(C)n(-c2ccccc2)c2cc(Br)c(OC(C)=O)cc12. The first-order valence-corrected chi connectivity index (χ1v) is 8.98. The molecule has 0 unspecified atom stereocenters. The number of rotatable bonds is 4. The quantitative estimate of drug-likeness (QED) is 0.453. The molecule has 0 bridgehead atoms. The standard InChI is InChI=1S/C20H18BrNO4/c1-4-25-20(24)19-12(2)22(14-8-6-5-7-9-14)17-11-16(21)18(10-15(17)19)26-13(3)23/h5-11H,4H2,1-3H3. The Kier molecular flexibility index (Phi) is 5.13. The Morgan fingerprint density at radius 1 is 1.15 bits per heavy atom. The highest BCUT2D eigenvalue weighted by atomic mass is 79.9. The predicted molar refractivity (Wildman–Crippen MR) is 103 cm³/mol. The van der Waals surface area contributed by atoms with E-state index in [1.54, 1.807) is 13.0 Å². The molecule has 0 aliphatic carbocycles. The fourth-order valence-electron chi connectivity index (χ4n) is 3.02. The second kappa shape index (κ2) is 7.33. The minimum atomic E-state index is -0.429. The van der Waals surface area contributed by atoms with E-state index >= 15 is 0 Å². The van der Waals surface area contributed by atoms with E-state index in [0.717, 1.165) is 16.9 Å². The van der Waals surface area contributed by atoms with Crippen LogP contribution in [-0.2, 0) is 9.53 Å². The second-order valence-corrected chi connectivity index (χ2v) is 6.60. The number of ether oxygens (including phenoxy) is 2. The molecule has 0 spiro atoms. The molecule has 6 heteroatoms. The second-order valence-electron chi connectivity index (χ2n) is 5.75. The maximum absolute atomic E-state index is 12.6. The van der Waals surface area contributed by atoms with Gasteiger partial charge in [-0.15, -0.1) is 0 Å². The van der Waals surface area contributed by atoms with Gasteiger partial charge in [-0.25, -0.2) is 4.79 Å². The fourth-order valence-corrected chi connectivity index (χ4v) is 3.43. The van der Waals surface area contributed by atoms with Crippen molar-refractivity contribution in [2.24, 2.45) is 0 Å². The van der Waals surface area contributed by atoms with Crippen LogP contribution in [0, 0.1) is 6.92 Å². The maximum atomic E-state index is 12.6. The van der Waals surface area contributed by atoms with Crippen molar-refractivity contribution >= 4 is 38.8 Å². The van der Waals surface area contributed by atoms with Crippen LogP contribution in [0.1, 0.15) is 29.9 Å². The number of halogens is 1. The zero-order chi connectivity index (χ0) is 18.8. The summed E-state index contributed by atoms with van der Waals surface area (Å²) in [5, 5.41) is 0.671. The Labute approximate surface area is 159 Å². The van der Waals surface area contributed by atoms with E-state index in [-0.39, 0.29) is 6.61 Å². The first-order chi connectivity index (χ1) is 12.4. The number of fused-ring (bicyclic) bond motifs is 1. The fraction of sp³-hybridized carbons (Fsp3) is 0.200. The Balaban J connectivity index is 2.34. The van der Waals surface area contributed by atoms with Crippen LogP contribution in [0.15, 0.2) is 46.9 Å². The molecule has 0 saturated heterocycles. The molecule has 0 fully saturated rings. The Hall–Kier alpha value is -2.60. The summed E-state index contributed by atoms with van der Waals surface area (Å²) in [4.78, 5) is 24.0. The minimum absolute atomic E-state index is 0.281. The van der Waals surface area contributed by atoms with E-state index in [2.05, 4.69) is 15.9 Å². The first kappa shape index (κ1) is 18.2. The Bertz CT molecular complexity index is 992. The zero-order valence-electron chi connectivity index (χ0n) is 14.7. The van der Waals surface area contributed by atoms with Crippen LogP contribution in [-0.4, -0.2) is 23.1 Å². The Morgan fingerprint density at radius 3 is 2.46 bits per heavy atom. The summed E-state index contributed by atoms with van der Waals surface area (Å²) >= 11 is 3.45. The van der Waals surface area contributed by atoms with Gasteiger partial charge in [-0.2, -0.15) is 0 Å². The minimum Gasteiger partial charge on any atom is -0.462 e. The first-order valence-electron chi connectivity index (χ1n) is 8.19. The number of hydrogen-bond donors (Lipinski definition) is 0. The zero-order valence-corrected chi connectivity index (χ0v) is 16.3. The molecule has 0 radical (unpaired) electrons. The number of esters is 2. The third kappa shape index (κ3) is 3.24. The number of nitrogens with zero attached hydrogens (tertiary/aromatic N) is 1. The summed E-state index contributed by atoms with van der Waals surface area (Å²) < 4.78 is 13.1. The van der Waals surface area contributed by atoms with Gasteiger partial charge in [-0.3, -0.25) is 4.79 Å². The lowest BCUT2D eigenvalue weighted by molar-refractivity contribution is -0.131. The topological polar surface area (TPSA) is 57.5 Å². The van der Waals surface area contributed by atoms with Crippen molar-refractivity contribution in [3.63, 3.8) is 0 Å². The van der Waals surface area contributed by atoms with Gasteiger partial charge in [0.25, 0.3) is 0 Å². The molecule has 5 nitrogen and oxygen atoms in total. The van der Waals surface area contributed by atoms with Gasteiger partial charge in [0.05, 0.1) is 22.2 Å². The predicted octanol–water partition coefficient (Wildman–Crippen LogP) is 4.80. The number of hydrogen-bond acceptors (Lipinski definition) is 4. The summed E-state index contributed by atoms with van der Waals surface area (Å²) in [6, 6.07) is 13.3. The van der Waals surface area contributed by atoms with E-state index in [9.17, 15) is 9.59 Å². The van der Waals surface area contributed by atoms with E-state index < -0.39 is 11.9 Å². The van der Waals surface area contributed by atoms with Crippen LogP contribution in [0.4, 0.5) is 0 Å². The smallest absolute Gasteiger partial charge is 0.340 e. The van der Waals surface area contributed by atoms with Crippen molar-refractivity contribution in [2.45, 2.75) is 20.8 Å². The molecule has 3 aromatic rings. The van der Waals surface area contributed by atoms with Crippen molar-refractivity contribution in [1.29, 1.82) is 0 Å². The third-order valence-corrected chi connectivity index (χ3v) is 4.63.